The van der Waals surface area contributed by atoms with Gasteiger partial charge in [0.1, 0.15) is 0 Å². The van der Waals surface area contributed by atoms with E-state index >= 15 is 0 Å². The summed E-state index contributed by atoms with van der Waals surface area (Å²) in [4.78, 5) is 28.9. The van der Waals surface area contributed by atoms with Gasteiger partial charge in [0, 0.05) is 17.1 Å². The molecule has 0 unspecified atom stereocenters. The number of esters is 1. The van der Waals surface area contributed by atoms with E-state index in [2.05, 4.69) is 4.98 Å². The van der Waals surface area contributed by atoms with Crippen LogP contribution in [-0.4, -0.2) is 22.6 Å². The third kappa shape index (κ3) is 3.74. The van der Waals surface area contributed by atoms with Crippen molar-refractivity contribution < 1.29 is 9.53 Å². The molecule has 0 aliphatic heterocycles. The standard InChI is InChI=1S/C21H21ClN2O3/c1-4-15-10-18-20(17(5-2)23-15)16(22)11-19(25)24(18)12-13-6-8-14(9-7-13)21(26)27-3/h6-11H,4-5,12H2,1-3H3. The van der Waals surface area contributed by atoms with Gasteiger partial charge in [0.25, 0.3) is 5.56 Å². The largest absolute Gasteiger partial charge is 0.465 e. The molecular weight excluding hydrogens is 364 g/mol. The highest BCUT2D eigenvalue weighted by molar-refractivity contribution is 6.35. The van der Waals surface area contributed by atoms with Crippen molar-refractivity contribution in [3.8, 4) is 0 Å². The Balaban J connectivity index is 2.13. The highest BCUT2D eigenvalue weighted by atomic mass is 35.5. The lowest BCUT2D eigenvalue weighted by Crippen LogP contribution is -2.21. The third-order valence-electron chi connectivity index (χ3n) is 4.59. The van der Waals surface area contributed by atoms with Crippen molar-refractivity contribution in [2.45, 2.75) is 33.2 Å². The molecule has 1 aromatic carbocycles. The van der Waals surface area contributed by atoms with Crippen molar-refractivity contribution in [2.75, 3.05) is 7.11 Å². The molecule has 0 saturated heterocycles. The molecule has 0 spiro atoms. The topological polar surface area (TPSA) is 61.2 Å². The van der Waals surface area contributed by atoms with Gasteiger partial charge in [-0.05, 0) is 36.6 Å². The van der Waals surface area contributed by atoms with Crippen LogP contribution in [0, 0.1) is 0 Å². The molecule has 140 valence electrons. The molecule has 0 N–H and O–H groups in total. The molecule has 2 aromatic heterocycles. The SMILES string of the molecule is CCc1cc2c(c(Cl)cc(=O)n2Cc2ccc(C(=O)OC)cc2)c(CC)n1. The van der Waals surface area contributed by atoms with Crippen LogP contribution in [-0.2, 0) is 24.1 Å². The van der Waals surface area contributed by atoms with Gasteiger partial charge in [-0.15, -0.1) is 0 Å². The second-order valence-electron chi connectivity index (χ2n) is 6.27. The summed E-state index contributed by atoms with van der Waals surface area (Å²) < 4.78 is 6.42. The third-order valence-corrected chi connectivity index (χ3v) is 4.88. The van der Waals surface area contributed by atoms with Gasteiger partial charge < -0.3 is 9.30 Å². The number of nitrogens with zero attached hydrogens (tertiary/aromatic N) is 2. The quantitative estimate of drug-likeness (QED) is 0.623. The number of carbonyl (C=O) groups excluding carboxylic acids is 1. The summed E-state index contributed by atoms with van der Waals surface area (Å²) in [6, 6.07) is 10.4. The first-order chi connectivity index (χ1) is 13.0. The van der Waals surface area contributed by atoms with Gasteiger partial charge in [-0.1, -0.05) is 37.6 Å². The highest BCUT2D eigenvalue weighted by Gasteiger charge is 2.14. The van der Waals surface area contributed by atoms with Crippen molar-refractivity contribution in [1.82, 2.24) is 9.55 Å². The number of hydrogen-bond donors (Lipinski definition) is 0. The van der Waals surface area contributed by atoms with Crippen LogP contribution in [0.15, 0.2) is 41.2 Å². The number of benzene rings is 1. The maximum Gasteiger partial charge on any atom is 0.337 e. The fourth-order valence-electron chi connectivity index (χ4n) is 3.14. The minimum Gasteiger partial charge on any atom is -0.465 e. The molecule has 27 heavy (non-hydrogen) atoms. The lowest BCUT2D eigenvalue weighted by molar-refractivity contribution is 0.0600. The Kier molecular flexibility index (Phi) is 5.61. The number of halogens is 1. The number of rotatable bonds is 5. The Morgan fingerprint density at radius 2 is 1.85 bits per heavy atom. The van der Waals surface area contributed by atoms with Crippen LogP contribution >= 0.6 is 11.6 Å². The molecule has 0 fully saturated rings. The summed E-state index contributed by atoms with van der Waals surface area (Å²) in [6.45, 7) is 4.44. The molecular formula is C21H21ClN2O3. The number of aromatic nitrogens is 2. The van der Waals surface area contributed by atoms with Crippen LogP contribution in [0.2, 0.25) is 5.02 Å². The summed E-state index contributed by atoms with van der Waals surface area (Å²) in [7, 11) is 1.35. The van der Waals surface area contributed by atoms with Crippen LogP contribution in [0.25, 0.3) is 10.9 Å². The van der Waals surface area contributed by atoms with Gasteiger partial charge in [0.05, 0.1) is 35.5 Å². The van der Waals surface area contributed by atoms with E-state index < -0.39 is 0 Å². The number of ether oxygens (including phenoxy) is 1. The molecule has 3 aromatic rings. The molecule has 0 bridgehead atoms. The molecule has 0 radical (unpaired) electrons. The van der Waals surface area contributed by atoms with Gasteiger partial charge in [0.15, 0.2) is 0 Å². The van der Waals surface area contributed by atoms with Crippen molar-refractivity contribution in [3.63, 3.8) is 0 Å². The first kappa shape index (κ1) is 19.1. The number of aryl methyl sites for hydroxylation is 2. The summed E-state index contributed by atoms with van der Waals surface area (Å²) in [6.07, 6.45) is 1.51. The predicted octanol–water partition coefficient (Wildman–Crippen LogP) is 4.01. The Labute approximate surface area is 162 Å². The number of methoxy groups -OCH3 is 1. The summed E-state index contributed by atoms with van der Waals surface area (Å²) >= 11 is 6.38. The molecule has 5 nitrogen and oxygen atoms in total. The zero-order chi connectivity index (χ0) is 19.6. The van der Waals surface area contributed by atoms with Crippen LogP contribution in [0.1, 0.15) is 41.2 Å². The van der Waals surface area contributed by atoms with Crippen LogP contribution in [0.4, 0.5) is 0 Å². The molecule has 0 amide bonds. The Morgan fingerprint density at radius 1 is 1.15 bits per heavy atom. The maximum atomic E-state index is 12.7. The molecule has 0 aliphatic carbocycles. The Morgan fingerprint density at radius 3 is 2.44 bits per heavy atom. The van der Waals surface area contributed by atoms with E-state index in [0.717, 1.165) is 40.7 Å². The minimum atomic E-state index is -0.387. The second-order valence-corrected chi connectivity index (χ2v) is 6.67. The summed E-state index contributed by atoms with van der Waals surface area (Å²) in [5.74, 6) is -0.387. The molecule has 2 heterocycles. The summed E-state index contributed by atoms with van der Waals surface area (Å²) in [5.41, 5.74) is 3.81. The smallest absolute Gasteiger partial charge is 0.337 e. The number of hydrogen-bond acceptors (Lipinski definition) is 4. The van der Waals surface area contributed by atoms with Gasteiger partial charge in [-0.25, -0.2) is 4.79 Å². The zero-order valence-corrected chi connectivity index (χ0v) is 16.3. The average molecular weight is 385 g/mol. The van der Waals surface area contributed by atoms with Gasteiger partial charge in [-0.2, -0.15) is 0 Å². The maximum absolute atomic E-state index is 12.7. The van der Waals surface area contributed by atoms with Gasteiger partial charge >= 0.3 is 5.97 Å². The van der Waals surface area contributed by atoms with Crippen molar-refractivity contribution >= 4 is 28.5 Å². The van der Waals surface area contributed by atoms with Gasteiger partial charge in [-0.3, -0.25) is 9.78 Å². The van der Waals surface area contributed by atoms with E-state index in [1.165, 1.54) is 13.2 Å². The number of fused-ring (bicyclic) bond motifs is 1. The fraction of sp³-hybridized carbons (Fsp3) is 0.286. The van der Waals surface area contributed by atoms with E-state index in [0.29, 0.717) is 17.1 Å². The highest BCUT2D eigenvalue weighted by Crippen LogP contribution is 2.26. The van der Waals surface area contributed by atoms with Crippen molar-refractivity contribution in [3.05, 3.63) is 74.3 Å². The van der Waals surface area contributed by atoms with Crippen LogP contribution in [0.3, 0.4) is 0 Å². The number of carbonyl (C=O) groups is 1. The Hall–Kier alpha value is -2.66. The van der Waals surface area contributed by atoms with E-state index in [-0.39, 0.29) is 11.5 Å². The molecule has 6 heteroatoms. The lowest BCUT2D eigenvalue weighted by atomic mass is 10.1. The van der Waals surface area contributed by atoms with E-state index in [4.69, 9.17) is 16.3 Å². The monoisotopic (exact) mass is 384 g/mol. The normalized spacial score (nSPS) is 11.0. The van der Waals surface area contributed by atoms with Crippen molar-refractivity contribution in [1.29, 1.82) is 0 Å². The van der Waals surface area contributed by atoms with Crippen LogP contribution in [0.5, 0.6) is 0 Å². The number of pyridine rings is 2. The molecule has 3 rings (SSSR count). The first-order valence-electron chi connectivity index (χ1n) is 8.87. The molecule has 0 atom stereocenters. The van der Waals surface area contributed by atoms with E-state index in [1.54, 1.807) is 16.7 Å². The van der Waals surface area contributed by atoms with Crippen LogP contribution < -0.4 is 5.56 Å². The molecule has 0 saturated carbocycles. The predicted molar refractivity (Wildman–Crippen MR) is 107 cm³/mol. The average Bonchev–Trinajstić information content (AvgIpc) is 2.69. The Bertz CT molecular complexity index is 1060. The molecule has 0 aliphatic rings. The van der Waals surface area contributed by atoms with Gasteiger partial charge in [0.2, 0.25) is 0 Å². The zero-order valence-electron chi connectivity index (χ0n) is 15.6. The summed E-state index contributed by atoms with van der Waals surface area (Å²) in [5, 5.41) is 1.25. The second kappa shape index (κ2) is 7.92. The van der Waals surface area contributed by atoms with Crippen molar-refractivity contribution in [2.24, 2.45) is 0 Å². The van der Waals surface area contributed by atoms with E-state index in [9.17, 15) is 9.59 Å². The lowest BCUT2D eigenvalue weighted by Gasteiger charge is -2.15. The fourth-order valence-corrected chi connectivity index (χ4v) is 3.44. The first-order valence-corrected chi connectivity index (χ1v) is 9.25. The minimum absolute atomic E-state index is 0.167. The van der Waals surface area contributed by atoms with E-state index in [1.807, 2.05) is 32.0 Å².